The number of rotatable bonds is 4. The molecule has 0 saturated heterocycles. The molecule has 0 amide bonds. The number of fused-ring (bicyclic) bond motifs is 1. The van der Waals surface area contributed by atoms with Crippen molar-refractivity contribution >= 4 is 22.2 Å². The van der Waals surface area contributed by atoms with Crippen LogP contribution in [0.1, 0.15) is 10.6 Å². The third-order valence-corrected chi connectivity index (χ3v) is 3.96. The van der Waals surface area contributed by atoms with Crippen molar-refractivity contribution in [2.75, 3.05) is 6.61 Å². The third kappa shape index (κ3) is 2.24. The Balaban J connectivity index is 1.64. The monoisotopic (exact) mass is 258 g/mol. The largest absolute Gasteiger partial charge is 0.493 e. The Bertz CT molecular complexity index is 656. The van der Waals surface area contributed by atoms with Crippen molar-refractivity contribution in [3.63, 3.8) is 0 Å². The molecule has 0 spiro atoms. The molecule has 2 heterocycles. The second-order valence-electron chi connectivity index (χ2n) is 4.19. The van der Waals surface area contributed by atoms with Gasteiger partial charge in [-0.2, -0.15) is 0 Å². The minimum absolute atomic E-state index is 0.693. The lowest BCUT2D eigenvalue weighted by Gasteiger charge is -2.05. The highest BCUT2D eigenvalue weighted by Gasteiger charge is 2.02. The van der Waals surface area contributed by atoms with Gasteiger partial charge in [0.15, 0.2) is 0 Å². The first-order valence-electron chi connectivity index (χ1n) is 5.92. The number of aromatic nitrogens is 2. The lowest BCUT2D eigenvalue weighted by molar-refractivity contribution is 0.323. The van der Waals surface area contributed by atoms with Crippen LogP contribution in [0.4, 0.5) is 0 Å². The molecular weight excluding hydrogens is 244 g/mol. The van der Waals surface area contributed by atoms with Crippen molar-refractivity contribution in [2.24, 2.45) is 0 Å². The van der Waals surface area contributed by atoms with Gasteiger partial charge in [0.1, 0.15) is 5.75 Å². The number of benzene rings is 1. The molecule has 0 aliphatic heterocycles. The molecule has 92 valence electrons. The lowest BCUT2D eigenvalue weighted by Crippen LogP contribution is -2.01. The van der Waals surface area contributed by atoms with Crippen LogP contribution in [0, 0.1) is 6.92 Å². The van der Waals surface area contributed by atoms with Crippen molar-refractivity contribution in [1.29, 1.82) is 0 Å². The number of aromatic amines is 1. The average Bonchev–Trinajstić information content (AvgIpc) is 2.98. The van der Waals surface area contributed by atoms with Crippen LogP contribution < -0.4 is 4.74 Å². The molecule has 1 N–H and O–H groups in total. The van der Waals surface area contributed by atoms with Crippen LogP contribution in [0.5, 0.6) is 5.75 Å². The van der Waals surface area contributed by atoms with Crippen LogP contribution >= 0.6 is 11.3 Å². The van der Waals surface area contributed by atoms with Crippen molar-refractivity contribution in [1.82, 2.24) is 9.97 Å². The maximum Gasteiger partial charge on any atom is 0.120 e. The van der Waals surface area contributed by atoms with E-state index >= 15 is 0 Å². The van der Waals surface area contributed by atoms with Gasteiger partial charge in [0, 0.05) is 28.4 Å². The molecule has 0 unspecified atom stereocenters. The predicted molar refractivity (Wildman–Crippen MR) is 74.3 cm³/mol. The van der Waals surface area contributed by atoms with E-state index in [1.165, 1.54) is 10.3 Å². The van der Waals surface area contributed by atoms with Gasteiger partial charge in [-0.15, -0.1) is 11.3 Å². The molecule has 0 bridgehead atoms. The summed E-state index contributed by atoms with van der Waals surface area (Å²) < 4.78 is 5.78. The number of nitrogens with one attached hydrogen (secondary N) is 1. The summed E-state index contributed by atoms with van der Waals surface area (Å²) in [7, 11) is 0. The molecule has 0 saturated carbocycles. The summed E-state index contributed by atoms with van der Waals surface area (Å²) in [6, 6.07) is 8.15. The Morgan fingerprint density at radius 3 is 3.11 bits per heavy atom. The third-order valence-electron chi connectivity index (χ3n) is 2.97. The molecule has 0 aliphatic rings. The highest BCUT2D eigenvalue weighted by Crippen LogP contribution is 2.20. The molecule has 18 heavy (non-hydrogen) atoms. The summed E-state index contributed by atoms with van der Waals surface area (Å²) in [5.74, 6) is 0.921. The average molecular weight is 258 g/mol. The smallest absolute Gasteiger partial charge is 0.120 e. The van der Waals surface area contributed by atoms with E-state index in [4.69, 9.17) is 4.74 Å². The summed E-state index contributed by atoms with van der Waals surface area (Å²) in [6.45, 7) is 2.73. The highest BCUT2D eigenvalue weighted by atomic mass is 32.1. The molecule has 0 aliphatic carbocycles. The van der Waals surface area contributed by atoms with Crippen LogP contribution in [-0.2, 0) is 6.42 Å². The fraction of sp³-hybridized carbons (Fsp3) is 0.214. The van der Waals surface area contributed by atoms with Crippen molar-refractivity contribution < 1.29 is 4.74 Å². The molecule has 0 radical (unpaired) electrons. The number of ether oxygens (including phenoxy) is 1. The molecule has 3 nitrogen and oxygen atoms in total. The van der Waals surface area contributed by atoms with E-state index in [0.29, 0.717) is 6.61 Å². The van der Waals surface area contributed by atoms with Crippen molar-refractivity contribution in [3.05, 3.63) is 46.5 Å². The number of thiazole rings is 1. The number of aryl methyl sites for hydroxylation is 1. The van der Waals surface area contributed by atoms with E-state index in [2.05, 4.69) is 22.1 Å². The summed E-state index contributed by atoms with van der Waals surface area (Å²) in [5.41, 5.74) is 4.14. The Kier molecular flexibility index (Phi) is 3.02. The zero-order valence-corrected chi connectivity index (χ0v) is 11.0. The van der Waals surface area contributed by atoms with Gasteiger partial charge >= 0.3 is 0 Å². The zero-order valence-electron chi connectivity index (χ0n) is 10.1. The van der Waals surface area contributed by atoms with Crippen LogP contribution in [0.25, 0.3) is 10.9 Å². The first-order chi connectivity index (χ1) is 8.83. The van der Waals surface area contributed by atoms with E-state index in [-0.39, 0.29) is 0 Å². The van der Waals surface area contributed by atoms with Gasteiger partial charge in [-0.3, -0.25) is 0 Å². The summed E-state index contributed by atoms with van der Waals surface area (Å²) in [4.78, 5) is 8.71. The van der Waals surface area contributed by atoms with Crippen LogP contribution in [0.2, 0.25) is 0 Å². The SMILES string of the molecule is Cc1ncsc1CCOc1ccc2[nH]ccc2c1. The molecule has 1 aromatic carbocycles. The first-order valence-corrected chi connectivity index (χ1v) is 6.80. The molecular formula is C14H14N2OS. The summed E-state index contributed by atoms with van der Waals surface area (Å²) >= 11 is 1.69. The van der Waals surface area contributed by atoms with Crippen LogP contribution in [0.3, 0.4) is 0 Å². The Morgan fingerprint density at radius 2 is 2.28 bits per heavy atom. The topological polar surface area (TPSA) is 37.9 Å². The van der Waals surface area contributed by atoms with Crippen molar-refractivity contribution in [3.8, 4) is 5.75 Å². The fourth-order valence-electron chi connectivity index (χ4n) is 1.95. The Morgan fingerprint density at radius 1 is 1.33 bits per heavy atom. The van der Waals surface area contributed by atoms with E-state index < -0.39 is 0 Å². The van der Waals surface area contributed by atoms with Gasteiger partial charge in [0.2, 0.25) is 0 Å². The standard InChI is InChI=1S/C14H14N2OS/c1-10-14(18-9-16-10)5-7-17-12-2-3-13-11(8-12)4-6-15-13/h2-4,6,8-9,15H,5,7H2,1H3. The van der Waals surface area contributed by atoms with Crippen LogP contribution in [-0.4, -0.2) is 16.6 Å². The lowest BCUT2D eigenvalue weighted by atomic mass is 10.2. The zero-order chi connectivity index (χ0) is 12.4. The van der Waals surface area contributed by atoms with Crippen LogP contribution in [0.15, 0.2) is 36.0 Å². The minimum atomic E-state index is 0.693. The molecule has 2 aromatic heterocycles. The minimum Gasteiger partial charge on any atom is -0.493 e. The van der Waals surface area contributed by atoms with E-state index in [9.17, 15) is 0 Å². The quantitative estimate of drug-likeness (QED) is 0.777. The fourth-order valence-corrected chi connectivity index (χ4v) is 2.71. The Labute approximate surface area is 109 Å². The van der Waals surface area contributed by atoms with Gasteiger partial charge in [-0.1, -0.05) is 0 Å². The molecule has 0 fully saturated rings. The number of nitrogens with zero attached hydrogens (tertiary/aromatic N) is 1. The number of H-pyrrole nitrogens is 1. The molecule has 4 heteroatoms. The summed E-state index contributed by atoms with van der Waals surface area (Å²) in [5, 5.41) is 1.18. The maximum absolute atomic E-state index is 5.78. The maximum atomic E-state index is 5.78. The number of hydrogen-bond donors (Lipinski definition) is 1. The van der Waals surface area contributed by atoms with Gasteiger partial charge < -0.3 is 9.72 Å². The van der Waals surface area contributed by atoms with Gasteiger partial charge in [-0.05, 0) is 31.2 Å². The van der Waals surface area contributed by atoms with Gasteiger partial charge in [0.25, 0.3) is 0 Å². The highest BCUT2D eigenvalue weighted by molar-refractivity contribution is 7.09. The number of hydrogen-bond acceptors (Lipinski definition) is 3. The second kappa shape index (κ2) is 4.82. The normalized spacial score (nSPS) is 10.9. The molecule has 3 rings (SSSR count). The van der Waals surface area contributed by atoms with Crippen molar-refractivity contribution in [2.45, 2.75) is 13.3 Å². The second-order valence-corrected chi connectivity index (χ2v) is 5.13. The predicted octanol–water partition coefficient (Wildman–Crippen LogP) is 3.55. The molecule has 0 atom stereocenters. The summed E-state index contributed by atoms with van der Waals surface area (Å²) in [6.07, 6.45) is 2.86. The van der Waals surface area contributed by atoms with E-state index in [0.717, 1.165) is 23.4 Å². The van der Waals surface area contributed by atoms with Gasteiger partial charge in [0.05, 0.1) is 17.8 Å². The molecule has 3 aromatic rings. The van der Waals surface area contributed by atoms with E-state index in [1.54, 1.807) is 11.3 Å². The first kappa shape index (κ1) is 11.3. The Hall–Kier alpha value is -1.81. The van der Waals surface area contributed by atoms with Gasteiger partial charge in [-0.25, -0.2) is 4.98 Å². The van der Waals surface area contributed by atoms with E-state index in [1.807, 2.05) is 30.8 Å².